The lowest BCUT2D eigenvalue weighted by Gasteiger charge is -2.17. The number of rotatable bonds is 6. The van der Waals surface area contributed by atoms with Crippen molar-refractivity contribution in [1.82, 2.24) is 9.29 Å². The monoisotopic (exact) mass is 404 g/mol. The Morgan fingerprint density at radius 3 is 2.59 bits per heavy atom. The van der Waals surface area contributed by atoms with Crippen LogP contribution in [-0.4, -0.2) is 13.0 Å². The van der Waals surface area contributed by atoms with Gasteiger partial charge in [0.05, 0.1) is 15.1 Å². The molecule has 0 saturated carbocycles. The first-order chi connectivity index (χ1) is 12.7. The Labute approximate surface area is 163 Å². The van der Waals surface area contributed by atoms with Crippen molar-refractivity contribution >= 4 is 31.6 Å². The van der Waals surface area contributed by atoms with Crippen LogP contribution in [0.15, 0.2) is 46.1 Å². The molecule has 1 unspecified atom stereocenters. The minimum absolute atomic E-state index is 0.0573. The molecule has 1 heterocycles. The lowest BCUT2D eigenvalue weighted by Crippen LogP contribution is -2.27. The van der Waals surface area contributed by atoms with E-state index in [0.717, 1.165) is 40.0 Å². The van der Waals surface area contributed by atoms with Crippen LogP contribution in [0.25, 0.3) is 10.2 Å². The van der Waals surface area contributed by atoms with E-state index in [0.29, 0.717) is 11.2 Å². The number of nitrogens with zero attached hydrogens (tertiary/aromatic N) is 1. The minimum Gasteiger partial charge on any atom is -0.299 e. The van der Waals surface area contributed by atoms with E-state index in [1.54, 1.807) is 22.8 Å². The fourth-order valence-electron chi connectivity index (χ4n) is 3.24. The fourth-order valence-corrected chi connectivity index (χ4v) is 5.52. The van der Waals surface area contributed by atoms with Crippen molar-refractivity contribution in [3.8, 4) is 0 Å². The summed E-state index contributed by atoms with van der Waals surface area (Å²) in [5.41, 5.74) is 3.87. The summed E-state index contributed by atoms with van der Waals surface area (Å²) in [6, 6.07) is 10.5. The average molecular weight is 405 g/mol. The van der Waals surface area contributed by atoms with E-state index in [1.165, 1.54) is 0 Å². The van der Waals surface area contributed by atoms with Crippen LogP contribution in [0.4, 0.5) is 0 Å². The summed E-state index contributed by atoms with van der Waals surface area (Å²) in [7, 11) is -3.70. The number of hydrogen-bond acceptors (Lipinski definition) is 4. The van der Waals surface area contributed by atoms with Gasteiger partial charge in [0.1, 0.15) is 0 Å². The van der Waals surface area contributed by atoms with Gasteiger partial charge in [-0.1, -0.05) is 42.0 Å². The van der Waals surface area contributed by atoms with Crippen molar-refractivity contribution in [2.45, 2.75) is 51.6 Å². The van der Waals surface area contributed by atoms with Crippen LogP contribution in [-0.2, 0) is 16.6 Å². The second kappa shape index (κ2) is 7.58. The van der Waals surface area contributed by atoms with Gasteiger partial charge in [0, 0.05) is 12.6 Å². The summed E-state index contributed by atoms with van der Waals surface area (Å²) in [5, 5.41) is 0. The molecule has 0 aliphatic rings. The van der Waals surface area contributed by atoms with Crippen LogP contribution in [0.3, 0.4) is 0 Å². The molecule has 1 aromatic heterocycles. The van der Waals surface area contributed by atoms with Gasteiger partial charge in [-0.2, -0.15) is 0 Å². The second-order valence-electron chi connectivity index (χ2n) is 6.85. The molecule has 3 aromatic rings. The molecule has 1 atom stereocenters. The molecule has 0 fully saturated rings. The number of aromatic nitrogens is 1. The molecule has 0 saturated heterocycles. The second-order valence-corrected chi connectivity index (χ2v) is 9.56. The normalized spacial score (nSPS) is 13.2. The average Bonchev–Trinajstić information content (AvgIpc) is 2.92. The van der Waals surface area contributed by atoms with E-state index >= 15 is 0 Å². The summed E-state index contributed by atoms with van der Waals surface area (Å²) in [5.74, 6) is 0. The molecular weight excluding hydrogens is 380 g/mol. The maximum Gasteiger partial charge on any atom is 0.308 e. The third-order valence-corrected chi connectivity index (χ3v) is 7.11. The number of sulfonamides is 1. The quantitative estimate of drug-likeness (QED) is 0.672. The van der Waals surface area contributed by atoms with Crippen LogP contribution in [0.5, 0.6) is 0 Å². The number of fused-ring (bicyclic) bond motifs is 1. The molecule has 0 spiro atoms. The Balaban J connectivity index is 1.95. The van der Waals surface area contributed by atoms with Crippen LogP contribution >= 0.6 is 11.3 Å². The first kappa shape index (κ1) is 19.8. The summed E-state index contributed by atoms with van der Waals surface area (Å²) >= 11 is 1.08. The molecule has 27 heavy (non-hydrogen) atoms. The summed E-state index contributed by atoms with van der Waals surface area (Å²) in [4.78, 5) is 12.3. The zero-order valence-corrected chi connectivity index (χ0v) is 17.6. The number of hydrogen-bond donors (Lipinski definition) is 1. The van der Waals surface area contributed by atoms with Crippen molar-refractivity contribution in [2.24, 2.45) is 0 Å². The first-order valence-corrected chi connectivity index (χ1v) is 11.3. The topological polar surface area (TPSA) is 68.2 Å². The largest absolute Gasteiger partial charge is 0.308 e. The number of thiazole rings is 1. The maximum absolute atomic E-state index is 12.9. The minimum atomic E-state index is -3.70. The van der Waals surface area contributed by atoms with Crippen molar-refractivity contribution in [3.05, 3.63) is 62.8 Å². The standard InChI is InChI=1S/C20H24N2O3S2/c1-5-10-22-18-9-8-16(12-19(18)26-20(22)23)27(24,25)21-15(4)17-11-13(2)6-7-14(17)3/h6-9,11-12,15,21H,5,10H2,1-4H3. The van der Waals surface area contributed by atoms with E-state index in [1.807, 2.05) is 45.9 Å². The molecule has 1 N–H and O–H groups in total. The highest BCUT2D eigenvalue weighted by Gasteiger charge is 2.21. The van der Waals surface area contributed by atoms with E-state index in [2.05, 4.69) is 4.72 Å². The third kappa shape index (κ3) is 4.00. The maximum atomic E-state index is 12.9. The van der Waals surface area contributed by atoms with Gasteiger partial charge in [0.2, 0.25) is 10.0 Å². The van der Waals surface area contributed by atoms with Gasteiger partial charge < -0.3 is 0 Å². The van der Waals surface area contributed by atoms with E-state index < -0.39 is 10.0 Å². The molecule has 0 amide bonds. The van der Waals surface area contributed by atoms with Crippen molar-refractivity contribution in [1.29, 1.82) is 0 Å². The van der Waals surface area contributed by atoms with Crippen molar-refractivity contribution in [3.63, 3.8) is 0 Å². The third-order valence-electron chi connectivity index (χ3n) is 4.63. The van der Waals surface area contributed by atoms with Gasteiger partial charge in [-0.25, -0.2) is 13.1 Å². The molecule has 7 heteroatoms. The lowest BCUT2D eigenvalue weighted by molar-refractivity contribution is 0.566. The van der Waals surface area contributed by atoms with E-state index in [4.69, 9.17) is 0 Å². The predicted molar refractivity (Wildman–Crippen MR) is 111 cm³/mol. The molecular formula is C20H24N2O3S2. The molecule has 0 aliphatic heterocycles. The highest BCUT2D eigenvalue weighted by molar-refractivity contribution is 7.89. The van der Waals surface area contributed by atoms with Crippen LogP contribution < -0.4 is 9.60 Å². The van der Waals surface area contributed by atoms with Gasteiger partial charge in [-0.3, -0.25) is 9.36 Å². The first-order valence-electron chi connectivity index (χ1n) is 8.96. The highest BCUT2D eigenvalue weighted by Crippen LogP contribution is 2.25. The molecule has 0 radical (unpaired) electrons. The molecule has 3 rings (SSSR count). The molecule has 0 bridgehead atoms. The van der Waals surface area contributed by atoms with Gasteiger partial charge in [-0.15, -0.1) is 0 Å². The Morgan fingerprint density at radius 1 is 1.15 bits per heavy atom. The van der Waals surface area contributed by atoms with Gasteiger partial charge >= 0.3 is 4.87 Å². The van der Waals surface area contributed by atoms with Crippen LogP contribution in [0, 0.1) is 13.8 Å². The van der Waals surface area contributed by atoms with Crippen LogP contribution in [0.1, 0.15) is 43.0 Å². The van der Waals surface area contributed by atoms with E-state index in [9.17, 15) is 13.2 Å². The number of nitrogens with one attached hydrogen (secondary N) is 1. The molecule has 0 aliphatic carbocycles. The summed E-state index contributed by atoms with van der Waals surface area (Å²) in [6.45, 7) is 8.44. The Morgan fingerprint density at radius 2 is 1.89 bits per heavy atom. The lowest BCUT2D eigenvalue weighted by atomic mass is 10.0. The zero-order valence-electron chi connectivity index (χ0n) is 15.9. The van der Waals surface area contributed by atoms with Gasteiger partial charge in [-0.05, 0) is 56.5 Å². The Hall–Kier alpha value is -1.96. The van der Waals surface area contributed by atoms with Crippen molar-refractivity contribution < 1.29 is 8.42 Å². The Kier molecular flexibility index (Phi) is 5.55. The number of aryl methyl sites for hydroxylation is 3. The Bertz CT molecular complexity index is 1140. The summed E-state index contributed by atoms with van der Waals surface area (Å²) in [6.07, 6.45) is 0.848. The van der Waals surface area contributed by atoms with Gasteiger partial charge in [0.15, 0.2) is 0 Å². The zero-order chi connectivity index (χ0) is 19.8. The highest BCUT2D eigenvalue weighted by atomic mass is 32.2. The SMILES string of the molecule is CCCn1c(=O)sc2cc(S(=O)(=O)NC(C)c3cc(C)ccc3C)ccc21. The smallest absolute Gasteiger partial charge is 0.299 e. The summed E-state index contributed by atoms with van der Waals surface area (Å²) < 4.78 is 30.9. The van der Waals surface area contributed by atoms with Crippen LogP contribution in [0.2, 0.25) is 0 Å². The van der Waals surface area contributed by atoms with E-state index in [-0.39, 0.29) is 15.8 Å². The molecule has 5 nitrogen and oxygen atoms in total. The fraction of sp³-hybridized carbons (Fsp3) is 0.350. The molecule has 144 valence electrons. The van der Waals surface area contributed by atoms with Crippen molar-refractivity contribution in [2.75, 3.05) is 0 Å². The molecule has 2 aromatic carbocycles. The van der Waals surface area contributed by atoms with Gasteiger partial charge in [0.25, 0.3) is 0 Å². The number of benzene rings is 2. The predicted octanol–water partition coefficient (Wildman–Crippen LogP) is 4.13.